The van der Waals surface area contributed by atoms with Gasteiger partial charge in [0.05, 0.1) is 23.9 Å². The zero-order valence-electron chi connectivity index (χ0n) is 16.9. The van der Waals surface area contributed by atoms with Crippen molar-refractivity contribution in [1.29, 1.82) is 5.26 Å². The largest absolute Gasteiger partial charge is 0.496 e. The van der Waals surface area contributed by atoms with Crippen LogP contribution in [0, 0.1) is 18.3 Å². The van der Waals surface area contributed by atoms with Crippen LogP contribution in [0.1, 0.15) is 21.5 Å². The number of hydrogen-bond acceptors (Lipinski definition) is 5. The average molecular weight is 421 g/mol. The quantitative estimate of drug-likeness (QED) is 0.639. The molecule has 0 spiro atoms. The fourth-order valence-electron chi connectivity index (χ4n) is 3.84. The molecule has 3 aromatic rings. The molecule has 0 radical (unpaired) electrons. The summed E-state index contributed by atoms with van der Waals surface area (Å²) in [6, 6.07) is 13.2. The molecule has 2 aromatic carbocycles. The Hall–Kier alpha value is -3.30. The number of piperazine rings is 1. The molecule has 1 fully saturated rings. The Morgan fingerprint density at radius 3 is 2.63 bits per heavy atom. The number of rotatable bonds is 3. The monoisotopic (exact) mass is 420 g/mol. The van der Waals surface area contributed by atoms with E-state index in [9.17, 15) is 10.1 Å². The van der Waals surface area contributed by atoms with Crippen molar-refractivity contribution in [3.8, 4) is 11.8 Å². The highest BCUT2D eigenvalue weighted by Gasteiger charge is 2.25. The number of carbonyl (C=O) groups excluding carboxylic acids is 1. The molecule has 4 rings (SSSR count). The van der Waals surface area contributed by atoms with Crippen molar-refractivity contribution in [2.75, 3.05) is 38.2 Å². The van der Waals surface area contributed by atoms with E-state index in [1.54, 1.807) is 25.4 Å². The van der Waals surface area contributed by atoms with E-state index in [2.05, 4.69) is 16.0 Å². The summed E-state index contributed by atoms with van der Waals surface area (Å²) in [6.45, 7) is 4.31. The lowest BCUT2D eigenvalue weighted by Crippen LogP contribution is -2.49. The number of nitriles is 1. The number of nitrogens with zero attached hydrogens (tertiary/aromatic N) is 4. The van der Waals surface area contributed by atoms with Crippen LogP contribution in [0.25, 0.3) is 10.9 Å². The van der Waals surface area contributed by atoms with Gasteiger partial charge in [-0.15, -0.1) is 0 Å². The molecule has 7 heteroatoms. The van der Waals surface area contributed by atoms with Crippen LogP contribution < -0.4 is 9.64 Å². The maximum atomic E-state index is 13.0. The molecule has 6 nitrogen and oxygen atoms in total. The number of ether oxygens (including phenoxy) is 1. The van der Waals surface area contributed by atoms with Crippen LogP contribution in [0.4, 0.5) is 5.69 Å². The lowest BCUT2D eigenvalue weighted by Gasteiger charge is -2.37. The minimum Gasteiger partial charge on any atom is -0.496 e. The summed E-state index contributed by atoms with van der Waals surface area (Å²) in [5, 5.41) is 11.1. The maximum Gasteiger partial charge on any atom is 0.254 e. The Morgan fingerprint density at radius 2 is 1.93 bits per heavy atom. The van der Waals surface area contributed by atoms with Crippen molar-refractivity contribution in [3.05, 3.63) is 64.3 Å². The Balaban J connectivity index is 1.57. The molecule has 0 atom stereocenters. The molecule has 1 aliphatic heterocycles. The topological polar surface area (TPSA) is 69.5 Å². The van der Waals surface area contributed by atoms with Gasteiger partial charge in [-0.3, -0.25) is 9.78 Å². The fraction of sp³-hybridized carbons (Fsp3) is 0.261. The number of fused-ring (bicyclic) bond motifs is 1. The lowest BCUT2D eigenvalue weighted by atomic mass is 10.1. The molecular weight excluding hydrogens is 400 g/mol. The summed E-state index contributed by atoms with van der Waals surface area (Å²) >= 11 is 6.20. The van der Waals surface area contributed by atoms with Crippen LogP contribution in [0.2, 0.25) is 5.02 Å². The third-order valence-electron chi connectivity index (χ3n) is 5.46. The van der Waals surface area contributed by atoms with Gasteiger partial charge >= 0.3 is 0 Å². The van der Waals surface area contributed by atoms with Crippen LogP contribution in [0.3, 0.4) is 0 Å². The standard InChI is InChI=1S/C23H21ClN4O2/c1-15-3-4-16(11-21(15)30-2)23(29)28-9-7-27(8-10-28)22-17(13-25)14-26-20-6-5-18(24)12-19(20)22/h3-6,11-12,14H,7-10H2,1-2H3. The summed E-state index contributed by atoms with van der Waals surface area (Å²) < 4.78 is 5.35. The molecule has 152 valence electrons. The number of carbonyl (C=O) groups is 1. The van der Waals surface area contributed by atoms with E-state index in [0.717, 1.165) is 22.2 Å². The molecule has 1 aromatic heterocycles. The average Bonchev–Trinajstić information content (AvgIpc) is 2.78. The number of hydrogen-bond donors (Lipinski definition) is 0. The molecule has 1 aliphatic rings. The highest BCUT2D eigenvalue weighted by atomic mass is 35.5. The van der Waals surface area contributed by atoms with Crippen LogP contribution >= 0.6 is 11.6 Å². The lowest BCUT2D eigenvalue weighted by molar-refractivity contribution is 0.0746. The van der Waals surface area contributed by atoms with Crippen LogP contribution in [-0.2, 0) is 0 Å². The van der Waals surface area contributed by atoms with E-state index >= 15 is 0 Å². The molecule has 1 saturated heterocycles. The van der Waals surface area contributed by atoms with Gasteiger partial charge in [-0.25, -0.2) is 0 Å². The van der Waals surface area contributed by atoms with Crippen molar-refractivity contribution in [2.24, 2.45) is 0 Å². The zero-order valence-corrected chi connectivity index (χ0v) is 17.6. The predicted molar refractivity (Wildman–Crippen MR) is 117 cm³/mol. The van der Waals surface area contributed by atoms with E-state index in [4.69, 9.17) is 16.3 Å². The van der Waals surface area contributed by atoms with Crippen molar-refractivity contribution < 1.29 is 9.53 Å². The van der Waals surface area contributed by atoms with E-state index in [1.165, 1.54) is 0 Å². The highest BCUT2D eigenvalue weighted by Crippen LogP contribution is 2.32. The predicted octanol–water partition coefficient (Wildman–Crippen LogP) is 4.04. The van der Waals surface area contributed by atoms with E-state index in [-0.39, 0.29) is 5.91 Å². The first kappa shape index (κ1) is 20.0. The molecule has 0 N–H and O–H groups in total. The fourth-order valence-corrected chi connectivity index (χ4v) is 4.01. The molecular formula is C23H21ClN4O2. The van der Waals surface area contributed by atoms with Crippen LogP contribution in [0.5, 0.6) is 5.75 Å². The van der Waals surface area contributed by atoms with Gasteiger partial charge < -0.3 is 14.5 Å². The number of amides is 1. The summed E-state index contributed by atoms with van der Waals surface area (Å²) in [5.41, 5.74) is 3.73. The van der Waals surface area contributed by atoms with Gasteiger partial charge in [-0.2, -0.15) is 5.26 Å². The summed E-state index contributed by atoms with van der Waals surface area (Å²) in [4.78, 5) is 21.3. The van der Waals surface area contributed by atoms with Gasteiger partial charge in [-0.1, -0.05) is 17.7 Å². The Labute approximate surface area is 180 Å². The van der Waals surface area contributed by atoms with Crippen molar-refractivity contribution in [3.63, 3.8) is 0 Å². The van der Waals surface area contributed by atoms with E-state index in [1.807, 2.05) is 36.1 Å². The van der Waals surface area contributed by atoms with Crippen molar-refractivity contribution in [2.45, 2.75) is 6.92 Å². The first-order chi connectivity index (χ1) is 14.5. The second-order valence-corrected chi connectivity index (χ2v) is 7.69. The second-order valence-electron chi connectivity index (χ2n) is 7.26. The smallest absolute Gasteiger partial charge is 0.254 e. The van der Waals surface area contributed by atoms with Crippen LogP contribution in [0.15, 0.2) is 42.6 Å². The third-order valence-corrected chi connectivity index (χ3v) is 5.70. The third kappa shape index (κ3) is 3.64. The maximum absolute atomic E-state index is 13.0. The van der Waals surface area contributed by atoms with E-state index in [0.29, 0.717) is 48.1 Å². The Morgan fingerprint density at radius 1 is 1.17 bits per heavy atom. The number of pyridine rings is 1. The molecule has 0 aliphatic carbocycles. The van der Waals surface area contributed by atoms with Gasteiger partial charge in [0.1, 0.15) is 11.8 Å². The van der Waals surface area contributed by atoms with E-state index < -0.39 is 0 Å². The SMILES string of the molecule is COc1cc(C(=O)N2CCN(c3c(C#N)cnc4ccc(Cl)cc34)CC2)ccc1C. The summed E-state index contributed by atoms with van der Waals surface area (Å²) in [6.07, 6.45) is 1.60. The molecule has 0 saturated carbocycles. The minimum absolute atomic E-state index is 0.0175. The number of anilines is 1. The van der Waals surface area contributed by atoms with Gasteiger partial charge in [-0.05, 0) is 42.8 Å². The van der Waals surface area contributed by atoms with Crippen molar-refractivity contribution in [1.82, 2.24) is 9.88 Å². The Bertz CT molecular complexity index is 1160. The molecule has 1 amide bonds. The van der Waals surface area contributed by atoms with Gasteiger partial charge in [0.15, 0.2) is 0 Å². The first-order valence-corrected chi connectivity index (χ1v) is 10.1. The molecule has 0 bridgehead atoms. The number of halogens is 1. The number of methoxy groups -OCH3 is 1. The molecule has 2 heterocycles. The van der Waals surface area contributed by atoms with Crippen LogP contribution in [-0.4, -0.2) is 49.1 Å². The van der Waals surface area contributed by atoms with Gasteiger partial charge in [0, 0.05) is 48.3 Å². The van der Waals surface area contributed by atoms with Crippen molar-refractivity contribution >= 4 is 34.1 Å². The van der Waals surface area contributed by atoms with Gasteiger partial charge in [0.2, 0.25) is 0 Å². The summed E-state index contributed by atoms with van der Waals surface area (Å²) in [7, 11) is 1.60. The normalized spacial score (nSPS) is 13.9. The second kappa shape index (κ2) is 8.21. The minimum atomic E-state index is -0.0175. The zero-order chi connectivity index (χ0) is 21.3. The molecule has 30 heavy (non-hydrogen) atoms. The molecule has 0 unspecified atom stereocenters. The first-order valence-electron chi connectivity index (χ1n) is 9.69. The number of benzene rings is 2. The number of aryl methyl sites for hydroxylation is 1. The number of aromatic nitrogens is 1. The van der Waals surface area contributed by atoms with Gasteiger partial charge in [0.25, 0.3) is 5.91 Å². The highest BCUT2D eigenvalue weighted by molar-refractivity contribution is 6.31. The summed E-state index contributed by atoms with van der Waals surface area (Å²) in [5.74, 6) is 0.689. The Kier molecular flexibility index (Phi) is 5.47.